The van der Waals surface area contributed by atoms with Gasteiger partial charge >= 0.3 is 0 Å². The Morgan fingerprint density at radius 1 is 1.41 bits per heavy atom. The molecule has 1 aromatic rings. The van der Waals surface area contributed by atoms with Crippen molar-refractivity contribution in [3.8, 4) is 0 Å². The van der Waals surface area contributed by atoms with Gasteiger partial charge in [0.1, 0.15) is 5.82 Å². The number of benzene rings is 1. The van der Waals surface area contributed by atoms with Gasteiger partial charge in [0, 0.05) is 36.3 Å². The number of piperazine rings is 1. The molecule has 2 nitrogen and oxygen atoms in total. The van der Waals surface area contributed by atoms with Crippen LogP contribution < -0.4 is 5.32 Å². The van der Waals surface area contributed by atoms with Gasteiger partial charge in [-0.3, -0.25) is 4.90 Å². The van der Waals surface area contributed by atoms with Crippen LogP contribution in [0.4, 0.5) is 4.39 Å². The molecule has 2 rings (SSSR count). The van der Waals surface area contributed by atoms with Gasteiger partial charge in [0.05, 0.1) is 0 Å². The topological polar surface area (TPSA) is 15.3 Å². The van der Waals surface area contributed by atoms with Crippen LogP contribution in [0.1, 0.15) is 12.5 Å². The lowest BCUT2D eigenvalue weighted by atomic mass is 10.2. The summed E-state index contributed by atoms with van der Waals surface area (Å²) in [6.07, 6.45) is 0. The van der Waals surface area contributed by atoms with E-state index in [1.807, 2.05) is 13.0 Å². The second kappa shape index (κ2) is 6.56. The van der Waals surface area contributed by atoms with E-state index < -0.39 is 0 Å². The lowest BCUT2D eigenvalue weighted by Crippen LogP contribution is -2.42. The maximum atomic E-state index is 13.8. The van der Waals surface area contributed by atoms with Crippen LogP contribution in [0.25, 0.3) is 0 Å². The van der Waals surface area contributed by atoms with Crippen LogP contribution in [0.3, 0.4) is 0 Å². The maximum absolute atomic E-state index is 13.8. The van der Waals surface area contributed by atoms with Gasteiger partial charge < -0.3 is 5.32 Å². The van der Waals surface area contributed by atoms with Crippen LogP contribution in [0.2, 0.25) is 0 Å². The molecule has 94 valence electrons. The summed E-state index contributed by atoms with van der Waals surface area (Å²) in [4.78, 5) is 2.37. The molecule has 1 aromatic carbocycles. The minimum Gasteiger partial charge on any atom is -0.314 e. The third kappa shape index (κ3) is 3.82. The van der Waals surface area contributed by atoms with E-state index >= 15 is 0 Å². The van der Waals surface area contributed by atoms with Crippen molar-refractivity contribution in [2.75, 3.05) is 26.2 Å². The molecule has 0 unspecified atom stereocenters. The molecule has 1 N–H and O–H groups in total. The fraction of sp³-hybridized carbons (Fsp3) is 0.462. The number of halogens is 2. The third-order valence-electron chi connectivity index (χ3n) is 2.83. The Morgan fingerprint density at radius 2 is 2.18 bits per heavy atom. The van der Waals surface area contributed by atoms with Crippen LogP contribution in [-0.2, 0) is 6.54 Å². The van der Waals surface area contributed by atoms with Gasteiger partial charge in [0.25, 0.3) is 0 Å². The molecule has 1 heterocycles. The second-order valence-electron chi connectivity index (χ2n) is 4.10. The molecule has 0 atom stereocenters. The van der Waals surface area contributed by atoms with Crippen molar-refractivity contribution in [2.45, 2.75) is 13.5 Å². The van der Waals surface area contributed by atoms with E-state index in [4.69, 9.17) is 0 Å². The molecule has 1 aliphatic heterocycles. The van der Waals surface area contributed by atoms with Crippen LogP contribution in [0.15, 0.2) is 18.2 Å². The minimum atomic E-state index is -0.249. The first-order valence-electron chi connectivity index (χ1n) is 5.92. The summed E-state index contributed by atoms with van der Waals surface area (Å²) in [7, 11) is 0. The van der Waals surface area contributed by atoms with E-state index in [-0.39, 0.29) is 26.5 Å². The lowest BCUT2D eigenvalue weighted by Gasteiger charge is -2.27. The molecule has 17 heavy (non-hydrogen) atoms. The first-order chi connectivity index (χ1) is 8.29. The van der Waals surface area contributed by atoms with Gasteiger partial charge in [-0.2, -0.15) is 0 Å². The fourth-order valence-electron chi connectivity index (χ4n) is 1.97. The Bertz CT molecular complexity index is 400. The van der Waals surface area contributed by atoms with Crippen molar-refractivity contribution < 1.29 is 4.39 Å². The van der Waals surface area contributed by atoms with Crippen LogP contribution in [0.5, 0.6) is 0 Å². The molecule has 0 bridgehead atoms. The predicted molar refractivity (Wildman–Crippen MR) is 79.0 cm³/mol. The summed E-state index contributed by atoms with van der Waals surface area (Å²) in [6.45, 7) is 7.06. The average molecular weight is 348 g/mol. The van der Waals surface area contributed by atoms with Crippen molar-refractivity contribution in [1.29, 1.82) is 0 Å². The van der Waals surface area contributed by atoms with Crippen molar-refractivity contribution in [3.05, 3.63) is 33.1 Å². The Morgan fingerprint density at radius 3 is 2.82 bits per heavy atom. The molecule has 0 spiro atoms. The summed E-state index contributed by atoms with van der Waals surface area (Å²) in [5.74, 6) is -0.0245. The normalized spacial score (nSPS) is 18.2. The summed E-state index contributed by atoms with van der Waals surface area (Å²) >= 11 is -0.249. The zero-order valence-corrected chi connectivity index (χ0v) is 12.2. The third-order valence-corrected chi connectivity index (χ3v) is 5.00. The zero-order valence-electron chi connectivity index (χ0n) is 10.0. The summed E-state index contributed by atoms with van der Waals surface area (Å²) in [5, 5.41) is 3.32. The molecule has 0 aliphatic carbocycles. The van der Waals surface area contributed by atoms with Crippen molar-refractivity contribution >= 4 is 24.7 Å². The van der Waals surface area contributed by atoms with Gasteiger partial charge in [0.2, 0.25) is 0 Å². The fourth-order valence-corrected chi connectivity index (χ4v) is 3.48. The van der Waals surface area contributed by atoms with Crippen LogP contribution in [0, 0.1) is 9.39 Å². The molecule has 0 aromatic heterocycles. The molecule has 4 heteroatoms. The molecule has 0 saturated carbocycles. The highest BCUT2D eigenvalue weighted by molar-refractivity contribution is 14.2. The van der Waals surface area contributed by atoms with Crippen molar-refractivity contribution in [3.63, 3.8) is 0 Å². The zero-order chi connectivity index (χ0) is 12.1. The number of rotatable bonds is 3. The van der Waals surface area contributed by atoms with E-state index in [0.29, 0.717) is 0 Å². The van der Waals surface area contributed by atoms with E-state index in [1.165, 1.54) is 0 Å². The van der Waals surface area contributed by atoms with E-state index in [0.717, 1.165) is 41.9 Å². The molecule has 1 fully saturated rings. The summed E-state index contributed by atoms with van der Waals surface area (Å²) < 4.78 is 16.8. The molecular formula is C13H18FIN2. The molecule has 1 aliphatic rings. The first-order valence-corrected chi connectivity index (χ1v) is 8.25. The van der Waals surface area contributed by atoms with Gasteiger partial charge in [-0.1, -0.05) is 30.8 Å². The first kappa shape index (κ1) is 13.1. The maximum Gasteiger partial charge on any atom is 0.136 e. The monoisotopic (exact) mass is 348 g/mol. The second-order valence-corrected chi connectivity index (χ2v) is 7.13. The van der Waals surface area contributed by atoms with Crippen LogP contribution in [-0.4, -0.2) is 35.1 Å². The largest absolute Gasteiger partial charge is 0.314 e. The van der Waals surface area contributed by atoms with E-state index in [1.54, 1.807) is 6.07 Å². The van der Waals surface area contributed by atoms with Crippen LogP contribution >= 0.6 is 20.7 Å². The summed E-state index contributed by atoms with van der Waals surface area (Å²) in [6, 6.07) is 5.74. The van der Waals surface area contributed by atoms with E-state index in [2.05, 4.69) is 20.3 Å². The Labute approximate surface area is 112 Å². The quantitative estimate of drug-likeness (QED) is 0.843. The number of nitrogens with zero attached hydrogens (tertiary/aromatic N) is 1. The number of hydrogen-bond donors (Lipinski definition) is 1. The average Bonchev–Trinajstić information content (AvgIpc) is 2.34. The SMILES string of the molecule is CC=Ic1ccc(CN2CCNCC2)cc1F. The molecular weight excluding hydrogens is 330 g/mol. The number of hydrogen-bond acceptors (Lipinski definition) is 2. The standard InChI is InChI=1S/C13H18FIN2/c1-2-15-13-4-3-11(9-12(13)14)10-17-7-5-16-6-8-17/h2-4,9,16H,5-8,10H2,1H3. The van der Waals surface area contributed by atoms with Crippen molar-refractivity contribution in [1.82, 2.24) is 10.2 Å². The van der Waals surface area contributed by atoms with Gasteiger partial charge in [-0.15, -0.1) is 0 Å². The highest BCUT2D eigenvalue weighted by Crippen LogP contribution is 2.18. The molecule has 0 amide bonds. The molecule has 0 radical (unpaired) electrons. The Balaban J connectivity index is 2.03. The van der Waals surface area contributed by atoms with E-state index in [9.17, 15) is 4.39 Å². The van der Waals surface area contributed by atoms with Gasteiger partial charge in [-0.25, -0.2) is 4.39 Å². The highest BCUT2D eigenvalue weighted by atomic mass is 127. The molecule has 1 saturated heterocycles. The number of nitrogens with one attached hydrogen (secondary N) is 1. The Kier molecular flexibility index (Phi) is 5.06. The van der Waals surface area contributed by atoms with Gasteiger partial charge in [0.15, 0.2) is 0 Å². The van der Waals surface area contributed by atoms with Gasteiger partial charge in [-0.05, 0) is 24.6 Å². The smallest absolute Gasteiger partial charge is 0.136 e. The lowest BCUT2D eigenvalue weighted by molar-refractivity contribution is 0.233. The Hall–Kier alpha value is -0.330. The predicted octanol–water partition coefficient (Wildman–Crippen LogP) is 2.19. The highest BCUT2D eigenvalue weighted by Gasteiger charge is 2.10. The minimum absolute atomic E-state index is 0.0245. The van der Waals surface area contributed by atoms with Crippen molar-refractivity contribution in [2.24, 2.45) is 0 Å². The summed E-state index contributed by atoms with van der Waals surface area (Å²) in [5.41, 5.74) is 1.09.